The van der Waals surface area contributed by atoms with Crippen LogP contribution in [0, 0.1) is 13.8 Å². The number of carbonyl (C=O) groups excluding carboxylic acids is 1. The van der Waals surface area contributed by atoms with Crippen LogP contribution in [0.15, 0.2) is 48.7 Å². The molecule has 1 amide bonds. The molecule has 0 aliphatic heterocycles. The lowest BCUT2D eigenvalue weighted by Gasteiger charge is -2.22. The molecular weight excluding hydrogens is 474 g/mol. The highest BCUT2D eigenvalue weighted by atomic mass is 32.1. The van der Waals surface area contributed by atoms with Crippen molar-refractivity contribution in [2.75, 3.05) is 24.7 Å². The summed E-state index contributed by atoms with van der Waals surface area (Å²) in [5.74, 6) is 1.22. The second kappa shape index (κ2) is 11.4. The quantitative estimate of drug-likeness (QED) is 0.250. The van der Waals surface area contributed by atoms with E-state index in [-0.39, 0.29) is 12.5 Å². The highest BCUT2D eigenvalue weighted by Crippen LogP contribution is 2.40. The Morgan fingerprint density at radius 1 is 0.917 bits per heavy atom. The summed E-state index contributed by atoms with van der Waals surface area (Å²) in [7, 11) is 0. The summed E-state index contributed by atoms with van der Waals surface area (Å²) < 4.78 is 18.5. The average molecular weight is 506 g/mol. The summed E-state index contributed by atoms with van der Waals surface area (Å²) in [6.45, 7) is 11.4. The molecule has 0 bridgehead atoms. The van der Waals surface area contributed by atoms with E-state index in [4.69, 9.17) is 19.2 Å². The van der Waals surface area contributed by atoms with Crippen LogP contribution in [-0.2, 0) is 6.54 Å². The first-order valence-electron chi connectivity index (χ1n) is 12.1. The van der Waals surface area contributed by atoms with Crippen LogP contribution in [0.3, 0.4) is 0 Å². The van der Waals surface area contributed by atoms with Gasteiger partial charge in [-0.3, -0.25) is 14.7 Å². The number of benzene rings is 2. The van der Waals surface area contributed by atoms with Gasteiger partial charge in [0.05, 0.1) is 42.3 Å². The maximum atomic E-state index is 14.1. The van der Waals surface area contributed by atoms with Crippen LogP contribution in [0.4, 0.5) is 5.13 Å². The molecular formula is C28H31N3O4S. The van der Waals surface area contributed by atoms with Crippen molar-refractivity contribution in [2.45, 2.75) is 41.2 Å². The summed E-state index contributed by atoms with van der Waals surface area (Å²) in [6.07, 6.45) is 1.72. The lowest BCUT2D eigenvalue weighted by atomic mass is 10.1. The van der Waals surface area contributed by atoms with Crippen molar-refractivity contribution < 1.29 is 19.0 Å². The van der Waals surface area contributed by atoms with Crippen LogP contribution in [0.2, 0.25) is 0 Å². The molecule has 7 nitrogen and oxygen atoms in total. The predicted molar refractivity (Wildman–Crippen MR) is 144 cm³/mol. The lowest BCUT2D eigenvalue weighted by molar-refractivity contribution is 0.0983. The van der Waals surface area contributed by atoms with Crippen LogP contribution in [0.25, 0.3) is 10.2 Å². The Hall–Kier alpha value is -3.65. The number of aryl methyl sites for hydroxylation is 2. The number of aromatic nitrogens is 2. The largest absolute Gasteiger partial charge is 0.490 e. The third kappa shape index (κ3) is 5.44. The minimum absolute atomic E-state index is 0.224. The van der Waals surface area contributed by atoms with E-state index < -0.39 is 0 Å². The minimum atomic E-state index is -0.224. The highest BCUT2D eigenvalue weighted by molar-refractivity contribution is 7.22. The zero-order valence-electron chi connectivity index (χ0n) is 21.3. The molecule has 0 unspecified atom stereocenters. The number of anilines is 1. The highest BCUT2D eigenvalue weighted by Gasteiger charge is 2.26. The normalized spacial score (nSPS) is 10.9. The fourth-order valence-corrected chi connectivity index (χ4v) is 4.87. The van der Waals surface area contributed by atoms with Gasteiger partial charge in [0.2, 0.25) is 5.75 Å². The van der Waals surface area contributed by atoms with Crippen molar-refractivity contribution in [3.05, 3.63) is 71.0 Å². The zero-order valence-corrected chi connectivity index (χ0v) is 22.1. The molecule has 0 radical (unpaired) electrons. The monoisotopic (exact) mass is 505 g/mol. The minimum Gasteiger partial charge on any atom is -0.490 e. The first-order chi connectivity index (χ1) is 17.4. The van der Waals surface area contributed by atoms with Crippen molar-refractivity contribution in [3.8, 4) is 17.2 Å². The molecule has 36 heavy (non-hydrogen) atoms. The number of ether oxygens (including phenoxy) is 3. The molecule has 0 spiro atoms. The van der Waals surface area contributed by atoms with Gasteiger partial charge in [-0.25, -0.2) is 4.98 Å². The van der Waals surface area contributed by atoms with Crippen molar-refractivity contribution in [2.24, 2.45) is 0 Å². The van der Waals surface area contributed by atoms with Gasteiger partial charge in [0, 0.05) is 11.8 Å². The van der Waals surface area contributed by atoms with Gasteiger partial charge in [-0.15, -0.1) is 0 Å². The van der Waals surface area contributed by atoms with Crippen LogP contribution in [0.5, 0.6) is 17.2 Å². The molecule has 8 heteroatoms. The molecule has 0 saturated carbocycles. The van der Waals surface area contributed by atoms with Crippen LogP contribution in [0.1, 0.15) is 48.0 Å². The Bertz CT molecular complexity index is 1290. The molecule has 0 fully saturated rings. The molecule has 0 saturated heterocycles. The average Bonchev–Trinajstić information content (AvgIpc) is 3.27. The van der Waals surface area contributed by atoms with E-state index in [0.717, 1.165) is 21.5 Å². The van der Waals surface area contributed by atoms with E-state index in [2.05, 4.69) is 31.0 Å². The molecule has 2 heterocycles. The van der Waals surface area contributed by atoms with Crippen molar-refractivity contribution in [3.63, 3.8) is 0 Å². The zero-order chi connectivity index (χ0) is 25.7. The summed E-state index contributed by atoms with van der Waals surface area (Å²) in [5, 5.41) is 0.607. The second-order valence-electron chi connectivity index (χ2n) is 8.21. The number of nitrogens with zero attached hydrogens (tertiary/aromatic N) is 3. The van der Waals surface area contributed by atoms with Crippen molar-refractivity contribution >= 4 is 32.6 Å². The van der Waals surface area contributed by atoms with E-state index >= 15 is 0 Å². The maximum Gasteiger partial charge on any atom is 0.260 e. The Labute approximate surface area is 215 Å². The van der Waals surface area contributed by atoms with Crippen LogP contribution >= 0.6 is 11.3 Å². The molecule has 0 aliphatic rings. The fourth-order valence-electron chi connectivity index (χ4n) is 3.83. The molecule has 0 N–H and O–H groups in total. The van der Waals surface area contributed by atoms with E-state index in [1.54, 1.807) is 23.2 Å². The number of amides is 1. The van der Waals surface area contributed by atoms with Gasteiger partial charge in [-0.05, 0) is 82.1 Å². The number of hydrogen-bond acceptors (Lipinski definition) is 7. The molecule has 0 aliphatic carbocycles. The van der Waals surface area contributed by atoms with Gasteiger partial charge in [-0.1, -0.05) is 17.4 Å². The number of hydrogen-bond donors (Lipinski definition) is 0. The molecule has 4 aromatic rings. The first kappa shape index (κ1) is 25.4. The van der Waals surface area contributed by atoms with E-state index in [9.17, 15) is 4.79 Å². The third-order valence-corrected chi connectivity index (χ3v) is 6.71. The van der Waals surface area contributed by atoms with Crippen molar-refractivity contribution in [1.82, 2.24) is 9.97 Å². The van der Waals surface area contributed by atoms with Crippen LogP contribution in [-0.4, -0.2) is 35.7 Å². The number of carbonyl (C=O) groups is 1. The lowest BCUT2D eigenvalue weighted by Crippen LogP contribution is -2.30. The Balaban J connectivity index is 1.82. The van der Waals surface area contributed by atoms with Gasteiger partial charge < -0.3 is 14.2 Å². The van der Waals surface area contributed by atoms with Gasteiger partial charge in [0.1, 0.15) is 0 Å². The second-order valence-corrected chi connectivity index (χ2v) is 9.22. The molecule has 2 aromatic carbocycles. The summed E-state index contributed by atoms with van der Waals surface area (Å²) in [5.41, 5.74) is 4.41. The third-order valence-electron chi connectivity index (χ3n) is 5.67. The molecule has 4 rings (SSSR count). The predicted octanol–water partition coefficient (Wildman–Crippen LogP) is 6.35. The fraction of sp³-hybridized carbons (Fsp3) is 0.321. The summed E-state index contributed by atoms with van der Waals surface area (Å²) in [6, 6.07) is 13.3. The van der Waals surface area contributed by atoms with Gasteiger partial charge >= 0.3 is 0 Å². The number of rotatable bonds is 10. The summed E-state index contributed by atoms with van der Waals surface area (Å²) in [4.78, 5) is 25.0. The van der Waals surface area contributed by atoms with Gasteiger partial charge in [-0.2, -0.15) is 0 Å². The standard InChI is InChI=1S/C28H31N3O4S/c1-6-33-23-15-20(16-24(34-7-2)26(23)35-8-3)27(32)31(17-21-11-9-10-12-29-21)28-30-22-13-18(4)19(5)14-25(22)36-28/h9-16H,6-8,17H2,1-5H3. The number of pyridine rings is 1. The molecule has 0 atom stereocenters. The molecule has 188 valence electrons. The Morgan fingerprint density at radius 3 is 2.19 bits per heavy atom. The number of fused-ring (bicyclic) bond motifs is 1. The smallest absolute Gasteiger partial charge is 0.260 e. The van der Waals surface area contributed by atoms with E-state index in [1.807, 2.05) is 39.0 Å². The first-order valence-corrected chi connectivity index (χ1v) is 12.9. The Morgan fingerprint density at radius 2 is 1.58 bits per heavy atom. The SMILES string of the molecule is CCOc1cc(C(=O)N(Cc2ccccn2)c2nc3cc(C)c(C)cc3s2)cc(OCC)c1OCC. The van der Waals surface area contributed by atoms with Gasteiger partial charge in [0.25, 0.3) is 5.91 Å². The van der Waals surface area contributed by atoms with E-state index in [1.165, 1.54) is 16.9 Å². The Kier molecular flexibility index (Phi) is 8.05. The van der Waals surface area contributed by atoms with E-state index in [0.29, 0.717) is 47.8 Å². The maximum absolute atomic E-state index is 14.1. The van der Waals surface area contributed by atoms with Crippen molar-refractivity contribution in [1.29, 1.82) is 0 Å². The molecule has 2 aromatic heterocycles. The van der Waals surface area contributed by atoms with Gasteiger partial charge in [0.15, 0.2) is 16.6 Å². The van der Waals surface area contributed by atoms with Crippen LogP contribution < -0.4 is 19.1 Å². The number of thiazole rings is 1. The summed E-state index contributed by atoms with van der Waals surface area (Å²) >= 11 is 1.49. The topological polar surface area (TPSA) is 73.8 Å².